The SMILES string of the molecule is CCCCCCCCCC(=O)Oc1ccc(/C=C2\C(=O)Nc3cc(OC)c(OC)cc32)cc1. The maximum Gasteiger partial charge on any atom is 0.311 e. The van der Waals surface area contributed by atoms with E-state index in [1.807, 2.05) is 12.1 Å². The summed E-state index contributed by atoms with van der Waals surface area (Å²) in [6, 6.07) is 10.7. The zero-order valence-corrected chi connectivity index (χ0v) is 19.7. The lowest BCUT2D eigenvalue weighted by atomic mass is 10.0. The van der Waals surface area contributed by atoms with Gasteiger partial charge in [-0.05, 0) is 36.3 Å². The minimum Gasteiger partial charge on any atom is -0.493 e. The summed E-state index contributed by atoms with van der Waals surface area (Å²) in [5.41, 5.74) is 2.80. The van der Waals surface area contributed by atoms with Gasteiger partial charge in [-0.3, -0.25) is 9.59 Å². The van der Waals surface area contributed by atoms with Crippen LogP contribution in [0.3, 0.4) is 0 Å². The third kappa shape index (κ3) is 6.60. The summed E-state index contributed by atoms with van der Waals surface area (Å²) in [7, 11) is 3.12. The average molecular weight is 452 g/mol. The summed E-state index contributed by atoms with van der Waals surface area (Å²) < 4.78 is 16.1. The Morgan fingerprint density at radius 3 is 2.21 bits per heavy atom. The summed E-state index contributed by atoms with van der Waals surface area (Å²) in [4.78, 5) is 24.6. The van der Waals surface area contributed by atoms with E-state index >= 15 is 0 Å². The first-order chi connectivity index (χ1) is 16.0. The predicted octanol–water partition coefficient (Wildman–Crippen LogP) is 6.24. The molecule has 1 amide bonds. The van der Waals surface area contributed by atoms with Crippen LogP contribution in [0.1, 0.15) is 69.4 Å². The first kappa shape index (κ1) is 24.4. The quantitative estimate of drug-likeness (QED) is 0.179. The fraction of sp³-hybridized carbons (Fsp3) is 0.407. The van der Waals surface area contributed by atoms with Crippen LogP contribution in [0.4, 0.5) is 5.69 Å². The standard InChI is InChI=1S/C27H33NO5/c1-4-5-6-7-8-9-10-11-26(29)33-20-14-12-19(13-15-20)16-22-21-17-24(31-2)25(32-3)18-23(21)28-27(22)30/h12-18H,4-11H2,1-3H3,(H,28,30)/b22-16-. The molecule has 2 aromatic rings. The smallest absolute Gasteiger partial charge is 0.311 e. The molecule has 0 aromatic heterocycles. The van der Waals surface area contributed by atoms with Crippen LogP contribution in [0.15, 0.2) is 36.4 Å². The largest absolute Gasteiger partial charge is 0.493 e. The first-order valence-electron chi connectivity index (χ1n) is 11.7. The fourth-order valence-corrected chi connectivity index (χ4v) is 3.87. The molecule has 0 fully saturated rings. The van der Waals surface area contributed by atoms with Crippen LogP contribution in [0.25, 0.3) is 11.6 Å². The highest BCUT2D eigenvalue weighted by molar-refractivity contribution is 6.35. The van der Waals surface area contributed by atoms with Gasteiger partial charge >= 0.3 is 5.97 Å². The molecule has 1 heterocycles. The van der Waals surface area contributed by atoms with Gasteiger partial charge in [0.2, 0.25) is 0 Å². The molecule has 0 saturated heterocycles. The van der Waals surface area contributed by atoms with Gasteiger partial charge in [-0.1, -0.05) is 57.6 Å². The van der Waals surface area contributed by atoms with Gasteiger partial charge < -0.3 is 19.5 Å². The zero-order chi connectivity index (χ0) is 23.6. The Hall–Kier alpha value is -3.28. The number of hydrogen-bond donors (Lipinski definition) is 1. The highest BCUT2D eigenvalue weighted by atomic mass is 16.5. The van der Waals surface area contributed by atoms with Crippen LogP contribution in [0.2, 0.25) is 0 Å². The zero-order valence-electron chi connectivity index (χ0n) is 19.7. The second-order valence-electron chi connectivity index (χ2n) is 8.18. The van der Waals surface area contributed by atoms with Crippen molar-refractivity contribution in [2.45, 2.75) is 58.3 Å². The van der Waals surface area contributed by atoms with Crippen molar-refractivity contribution in [2.24, 2.45) is 0 Å². The number of amides is 1. The molecule has 176 valence electrons. The Labute approximate surface area is 195 Å². The predicted molar refractivity (Wildman–Crippen MR) is 131 cm³/mol. The molecule has 6 heteroatoms. The second kappa shape index (κ2) is 12.1. The molecule has 3 rings (SSSR count). The number of rotatable bonds is 12. The van der Waals surface area contributed by atoms with Gasteiger partial charge in [-0.25, -0.2) is 0 Å². The molecule has 1 aliphatic heterocycles. The van der Waals surface area contributed by atoms with Crippen LogP contribution >= 0.6 is 0 Å². The van der Waals surface area contributed by atoms with Gasteiger partial charge in [0.05, 0.1) is 19.9 Å². The molecule has 1 N–H and O–H groups in total. The van der Waals surface area contributed by atoms with Crippen molar-refractivity contribution >= 4 is 29.2 Å². The van der Waals surface area contributed by atoms with E-state index in [1.54, 1.807) is 44.6 Å². The minimum atomic E-state index is -0.209. The molecule has 33 heavy (non-hydrogen) atoms. The molecule has 6 nitrogen and oxygen atoms in total. The maximum atomic E-state index is 12.5. The van der Waals surface area contributed by atoms with Crippen molar-refractivity contribution in [2.75, 3.05) is 19.5 Å². The molecular formula is C27H33NO5. The Morgan fingerprint density at radius 2 is 1.55 bits per heavy atom. The van der Waals surface area contributed by atoms with Crippen LogP contribution in [-0.2, 0) is 9.59 Å². The van der Waals surface area contributed by atoms with E-state index in [9.17, 15) is 9.59 Å². The van der Waals surface area contributed by atoms with E-state index < -0.39 is 0 Å². The van der Waals surface area contributed by atoms with Gasteiger partial charge in [-0.15, -0.1) is 0 Å². The number of nitrogens with one attached hydrogen (secondary N) is 1. The van der Waals surface area contributed by atoms with Gasteiger partial charge in [0.25, 0.3) is 5.91 Å². The number of methoxy groups -OCH3 is 2. The maximum absolute atomic E-state index is 12.5. The number of anilines is 1. The highest BCUT2D eigenvalue weighted by Gasteiger charge is 2.26. The van der Waals surface area contributed by atoms with Crippen LogP contribution in [-0.4, -0.2) is 26.1 Å². The third-order valence-electron chi connectivity index (χ3n) is 5.71. The van der Waals surface area contributed by atoms with Crippen molar-refractivity contribution in [3.05, 3.63) is 47.5 Å². The van der Waals surface area contributed by atoms with E-state index in [-0.39, 0.29) is 11.9 Å². The van der Waals surface area contributed by atoms with Crippen LogP contribution in [0.5, 0.6) is 17.2 Å². The van der Waals surface area contributed by atoms with E-state index in [2.05, 4.69) is 12.2 Å². The summed E-state index contributed by atoms with van der Waals surface area (Å²) >= 11 is 0. The van der Waals surface area contributed by atoms with Crippen molar-refractivity contribution in [1.29, 1.82) is 0 Å². The number of fused-ring (bicyclic) bond motifs is 1. The van der Waals surface area contributed by atoms with Gasteiger partial charge in [0.1, 0.15) is 5.75 Å². The molecule has 1 aliphatic rings. The van der Waals surface area contributed by atoms with Crippen LogP contribution < -0.4 is 19.5 Å². The molecule has 0 atom stereocenters. The van der Waals surface area contributed by atoms with Crippen molar-refractivity contribution < 1.29 is 23.8 Å². The topological polar surface area (TPSA) is 73.9 Å². The number of unbranched alkanes of at least 4 members (excludes halogenated alkanes) is 6. The Kier molecular flexibility index (Phi) is 8.93. The Morgan fingerprint density at radius 1 is 0.909 bits per heavy atom. The molecule has 0 bridgehead atoms. The molecule has 0 aliphatic carbocycles. The summed E-state index contributed by atoms with van der Waals surface area (Å²) in [5.74, 6) is 1.22. The lowest BCUT2D eigenvalue weighted by molar-refractivity contribution is -0.134. The van der Waals surface area contributed by atoms with Gasteiger partial charge in [0, 0.05) is 23.6 Å². The molecule has 0 saturated carbocycles. The van der Waals surface area contributed by atoms with E-state index in [0.717, 1.165) is 24.0 Å². The summed E-state index contributed by atoms with van der Waals surface area (Å²) in [6.45, 7) is 2.21. The number of carbonyl (C=O) groups excluding carboxylic acids is 2. The van der Waals surface area contributed by atoms with Crippen molar-refractivity contribution in [1.82, 2.24) is 0 Å². The lowest BCUT2D eigenvalue weighted by Crippen LogP contribution is -2.07. The lowest BCUT2D eigenvalue weighted by Gasteiger charge is -2.09. The Balaban J connectivity index is 1.58. The molecule has 0 unspecified atom stereocenters. The molecule has 0 radical (unpaired) electrons. The van der Waals surface area contributed by atoms with E-state index in [0.29, 0.717) is 34.9 Å². The number of ether oxygens (including phenoxy) is 3. The summed E-state index contributed by atoms with van der Waals surface area (Å²) in [6.07, 6.45) is 10.4. The number of benzene rings is 2. The molecule has 0 spiro atoms. The molecule has 2 aromatic carbocycles. The fourth-order valence-electron chi connectivity index (χ4n) is 3.87. The van der Waals surface area contributed by atoms with Gasteiger partial charge in [-0.2, -0.15) is 0 Å². The second-order valence-corrected chi connectivity index (χ2v) is 8.18. The number of hydrogen-bond acceptors (Lipinski definition) is 5. The summed E-state index contributed by atoms with van der Waals surface area (Å²) in [5, 5.41) is 2.86. The third-order valence-corrected chi connectivity index (χ3v) is 5.71. The molecular weight excluding hydrogens is 418 g/mol. The minimum absolute atomic E-state index is 0.189. The first-order valence-corrected chi connectivity index (χ1v) is 11.7. The van der Waals surface area contributed by atoms with E-state index in [1.165, 1.54) is 32.1 Å². The van der Waals surface area contributed by atoms with Crippen molar-refractivity contribution in [3.63, 3.8) is 0 Å². The number of carbonyl (C=O) groups is 2. The highest BCUT2D eigenvalue weighted by Crippen LogP contribution is 2.41. The monoisotopic (exact) mass is 451 g/mol. The van der Waals surface area contributed by atoms with Gasteiger partial charge in [0.15, 0.2) is 11.5 Å². The Bertz CT molecular complexity index is 994. The average Bonchev–Trinajstić information content (AvgIpc) is 3.12. The van der Waals surface area contributed by atoms with Crippen LogP contribution in [0, 0.1) is 0 Å². The number of esters is 1. The van der Waals surface area contributed by atoms with E-state index in [4.69, 9.17) is 14.2 Å². The van der Waals surface area contributed by atoms with Crippen molar-refractivity contribution in [3.8, 4) is 17.2 Å². The normalized spacial score (nSPS) is 13.5.